The number of nitrogens with one attached hydrogen (secondary N) is 2. The van der Waals surface area contributed by atoms with Crippen LogP contribution in [0.25, 0.3) is 11.0 Å². The minimum Gasteiger partial charge on any atom is -0.337 e. The molecule has 0 saturated heterocycles. The molecule has 0 atom stereocenters. The van der Waals surface area contributed by atoms with Crippen molar-refractivity contribution in [3.8, 4) is 0 Å². The lowest BCUT2D eigenvalue weighted by molar-refractivity contribution is 0.603. The third kappa shape index (κ3) is 3.94. The molecule has 0 spiro atoms. The molecule has 0 radical (unpaired) electrons. The van der Waals surface area contributed by atoms with E-state index >= 15 is 0 Å². The zero-order chi connectivity index (χ0) is 20.4. The zero-order valence-electron chi connectivity index (χ0n) is 16.0. The predicted molar refractivity (Wildman–Crippen MR) is 119 cm³/mol. The second kappa shape index (κ2) is 7.81. The van der Waals surface area contributed by atoms with Gasteiger partial charge in [-0.25, -0.2) is 18.4 Å². The molecular weight excluding hydrogens is 404 g/mol. The summed E-state index contributed by atoms with van der Waals surface area (Å²) < 4.78 is 28.4. The summed E-state index contributed by atoms with van der Waals surface area (Å²) in [4.78, 5) is 9.20. The van der Waals surface area contributed by atoms with E-state index in [1.165, 1.54) is 0 Å². The average molecular weight is 425 g/mol. The van der Waals surface area contributed by atoms with Gasteiger partial charge in [0.2, 0.25) is 0 Å². The molecular formula is C21H20N4O2S2. The van der Waals surface area contributed by atoms with Crippen LogP contribution in [-0.4, -0.2) is 18.4 Å². The predicted octanol–water partition coefficient (Wildman–Crippen LogP) is 5.11. The molecule has 0 fully saturated rings. The van der Waals surface area contributed by atoms with Crippen molar-refractivity contribution in [1.29, 1.82) is 0 Å². The first kappa shape index (κ1) is 19.4. The monoisotopic (exact) mass is 424 g/mol. The summed E-state index contributed by atoms with van der Waals surface area (Å²) in [6.07, 6.45) is 0.835. The Bertz CT molecular complexity index is 1270. The standard InChI is InChI=1S/C21H20N4O2S2/c1-3-15-9-6-8-14(2)19(15)24-20-21(23-17-11-5-4-10-16(17)22-20)25-29(26,27)18-12-7-13-28-18/h4-13H,3H2,1-2H3,(H,22,24)(H,23,25). The van der Waals surface area contributed by atoms with Crippen molar-refractivity contribution in [2.75, 3.05) is 10.0 Å². The summed E-state index contributed by atoms with van der Waals surface area (Å²) in [5.41, 5.74) is 4.37. The SMILES string of the molecule is CCc1cccc(C)c1Nc1nc2ccccc2nc1NS(=O)(=O)c1cccs1. The number of rotatable bonds is 6. The van der Waals surface area contributed by atoms with Gasteiger partial charge >= 0.3 is 0 Å². The number of aromatic nitrogens is 2. The second-order valence-electron chi connectivity index (χ2n) is 6.53. The molecule has 0 unspecified atom stereocenters. The van der Waals surface area contributed by atoms with Gasteiger partial charge in [0.05, 0.1) is 11.0 Å². The first-order valence-electron chi connectivity index (χ1n) is 9.16. The van der Waals surface area contributed by atoms with Crippen LogP contribution in [0.4, 0.5) is 17.3 Å². The number of hydrogen-bond acceptors (Lipinski definition) is 6. The summed E-state index contributed by atoms with van der Waals surface area (Å²) >= 11 is 1.15. The Morgan fingerprint density at radius 3 is 2.31 bits per heavy atom. The minimum atomic E-state index is -3.75. The van der Waals surface area contributed by atoms with E-state index in [-0.39, 0.29) is 10.0 Å². The van der Waals surface area contributed by atoms with Gasteiger partial charge in [0, 0.05) is 5.69 Å². The van der Waals surface area contributed by atoms with E-state index in [2.05, 4.69) is 26.9 Å². The van der Waals surface area contributed by atoms with Gasteiger partial charge in [0.25, 0.3) is 10.0 Å². The lowest BCUT2D eigenvalue weighted by Gasteiger charge is -2.17. The van der Waals surface area contributed by atoms with E-state index in [0.29, 0.717) is 16.9 Å². The number of para-hydroxylation sites is 3. The van der Waals surface area contributed by atoms with E-state index in [1.807, 2.05) is 43.3 Å². The van der Waals surface area contributed by atoms with Gasteiger partial charge in [0.15, 0.2) is 11.6 Å². The molecule has 6 nitrogen and oxygen atoms in total. The molecule has 8 heteroatoms. The molecule has 4 aromatic rings. The number of aryl methyl sites for hydroxylation is 2. The van der Waals surface area contributed by atoms with Crippen molar-refractivity contribution in [2.45, 2.75) is 24.5 Å². The molecule has 0 bridgehead atoms. The molecule has 0 saturated carbocycles. The molecule has 4 rings (SSSR count). The topological polar surface area (TPSA) is 84.0 Å². The molecule has 0 aliphatic carbocycles. The number of fused-ring (bicyclic) bond motifs is 1. The first-order chi connectivity index (χ1) is 14.0. The maximum absolute atomic E-state index is 12.8. The normalized spacial score (nSPS) is 11.5. The van der Waals surface area contributed by atoms with Crippen LogP contribution in [-0.2, 0) is 16.4 Å². The summed E-state index contributed by atoms with van der Waals surface area (Å²) in [7, 11) is -3.75. The molecule has 0 aliphatic heterocycles. The Balaban J connectivity index is 1.83. The molecule has 2 N–H and O–H groups in total. The molecule has 0 amide bonds. The smallest absolute Gasteiger partial charge is 0.272 e. The molecule has 29 heavy (non-hydrogen) atoms. The van der Waals surface area contributed by atoms with Crippen LogP contribution in [0.15, 0.2) is 64.2 Å². The van der Waals surface area contributed by atoms with Crippen molar-refractivity contribution in [3.05, 3.63) is 71.1 Å². The molecule has 2 heterocycles. The van der Waals surface area contributed by atoms with Crippen LogP contribution >= 0.6 is 11.3 Å². The van der Waals surface area contributed by atoms with Gasteiger partial charge in [-0.2, -0.15) is 0 Å². The van der Waals surface area contributed by atoms with Crippen molar-refractivity contribution < 1.29 is 8.42 Å². The molecule has 148 valence electrons. The maximum Gasteiger partial charge on any atom is 0.272 e. The van der Waals surface area contributed by atoms with Crippen molar-refractivity contribution >= 4 is 49.7 Å². The number of sulfonamides is 1. The Hall–Kier alpha value is -2.97. The summed E-state index contributed by atoms with van der Waals surface area (Å²) in [5, 5.41) is 5.05. The zero-order valence-corrected chi connectivity index (χ0v) is 17.6. The summed E-state index contributed by atoms with van der Waals surface area (Å²) in [6.45, 7) is 4.08. The van der Waals surface area contributed by atoms with Crippen LogP contribution in [0.1, 0.15) is 18.1 Å². The van der Waals surface area contributed by atoms with Crippen molar-refractivity contribution in [1.82, 2.24) is 9.97 Å². The largest absolute Gasteiger partial charge is 0.337 e. The third-order valence-electron chi connectivity index (χ3n) is 4.54. The Kier molecular flexibility index (Phi) is 5.21. The van der Waals surface area contributed by atoms with Gasteiger partial charge in [0.1, 0.15) is 4.21 Å². The third-order valence-corrected chi connectivity index (χ3v) is 7.28. The van der Waals surface area contributed by atoms with E-state index in [1.54, 1.807) is 23.6 Å². The van der Waals surface area contributed by atoms with Crippen LogP contribution in [0.3, 0.4) is 0 Å². The fraction of sp³-hybridized carbons (Fsp3) is 0.143. The number of thiophene rings is 1. The highest BCUT2D eigenvalue weighted by Crippen LogP contribution is 2.31. The number of hydrogen-bond donors (Lipinski definition) is 2. The van der Waals surface area contributed by atoms with Gasteiger partial charge in [-0.05, 0) is 48.1 Å². The van der Waals surface area contributed by atoms with E-state index in [0.717, 1.165) is 34.6 Å². The molecule has 0 aliphatic rings. The highest BCUT2D eigenvalue weighted by molar-refractivity contribution is 7.94. The van der Waals surface area contributed by atoms with Gasteiger partial charge in [-0.3, -0.25) is 4.72 Å². The van der Waals surface area contributed by atoms with Crippen LogP contribution in [0.5, 0.6) is 0 Å². The fourth-order valence-electron chi connectivity index (χ4n) is 3.07. The lowest BCUT2D eigenvalue weighted by atomic mass is 10.1. The van der Waals surface area contributed by atoms with E-state index in [9.17, 15) is 8.42 Å². The molecule has 2 aromatic carbocycles. The average Bonchev–Trinajstić information content (AvgIpc) is 3.25. The Morgan fingerprint density at radius 2 is 1.66 bits per heavy atom. The lowest BCUT2D eigenvalue weighted by Crippen LogP contribution is -2.15. The Labute approximate surface area is 173 Å². The first-order valence-corrected chi connectivity index (χ1v) is 11.5. The quantitative estimate of drug-likeness (QED) is 0.449. The second-order valence-corrected chi connectivity index (χ2v) is 9.39. The summed E-state index contributed by atoms with van der Waals surface area (Å²) in [5.74, 6) is 0.537. The van der Waals surface area contributed by atoms with Crippen LogP contribution < -0.4 is 10.0 Å². The minimum absolute atomic E-state index is 0.169. The molecule has 2 aromatic heterocycles. The number of benzene rings is 2. The fourth-order valence-corrected chi connectivity index (χ4v) is 5.07. The highest BCUT2D eigenvalue weighted by atomic mass is 32.2. The van der Waals surface area contributed by atoms with Gasteiger partial charge < -0.3 is 5.32 Å². The van der Waals surface area contributed by atoms with E-state index in [4.69, 9.17) is 0 Å². The highest BCUT2D eigenvalue weighted by Gasteiger charge is 2.20. The van der Waals surface area contributed by atoms with E-state index < -0.39 is 10.0 Å². The summed E-state index contributed by atoms with van der Waals surface area (Å²) in [6, 6.07) is 16.7. The van der Waals surface area contributed by atoms with Gasteiger partial charge in [-0.1, -0.05) is 43.3 Å². The van der Waals surface area contributed by atoms with Crippen molar-refractivity contribution in [3.63, 3.8) is 0 Å². The van der Waals surface area contributed by atoms with Crippen LogP contribution in [0, 0.1) is 6.92 Å². The number of nitrogens with zero attached hydrogens (tertiary/aromatic N) is 2. The maximum atomic E-state index is 12.8. The van der Waals surface area contributed by atoms with Crippen molar-refractivity contribution in [2.24, 2.45) is 0 Å². The van der Waals surface area contributed by atoms with Crippen LogP contribution in [0.2, 0.25) is 0 Å². The number of anilines is 3. The Morgan fingerprint density at radius 1 is 0.931 bits per heavy atom. The van der Waals surface area contributed by atoms with Gasteiger partial charge in [-0.15, -0.1) is 11.3 Å².